The molecule has 0 fully saturated rings. The van der Waals surface area contributed by atoms with Crippen LogP contribution < -0.4 is 9.62 Å². The number of anilines is 1. The Balaban J connectivity index is 2.87. The minimum Gasteiger partial charge on any atom is -0.354 e. The van der Waals surface area contributed by atoms with E-state index in [4.69, 9.17) is 0 Å². The van der Waals surface area contributed by atoms with Crippen LogP contribution in [0.4, 0.5) is 14.5 Å². The average molecular weight is 334 g/mol. The Morgan fingerprint density at radius 2 is 1.95 bits per heavy atom. The number of rotatable bonds is 7. The fourth-order valence-electron chi connectivity index (χ4n) is 1.78. The molecule has 0 heterocycles. The zero-order valence-corrected chi connectivity index (χ0v) is 13.6. The van der Waals surface area contributed by atoms with Crippen LogP contribution in [0.5, 0.6) is 0 Å². The van der Waals surface area contributed by atoms with Crippen molar-refractivity contribution in [1.29, 1.82) is 0 Å². The number of hydrogen-bond donors (Lipinski definition) is 1. The van der Waals surface area contributed by atoms with Crippen molar-refractivity contribution in [3.63, 3.8) is 0 Å². The summed E-state index contributed by atoms with van der Waals surface area (Å²) in [4.78, 5) is 11.7. The van der Waals surface area contributed by atoms with Gasteiger partial charge in [-0.25, -0.2) is 17.2 Å². The van der Waals surface area contributed by atoms with Crippen molar-refractivity contribution in [1.82, 2.24) is 5.32 Å². The SMILES string of the molecule is CCC(C)NC(=O)CCN(c1ccc(F)c(F)c1)S(C)(=O)=O. The van der Waals surface area contributed by atoms with Crippen molar-refractivity contribution in [2.24, 2.45) is 0 Å². The van der Waals surface area contributed by atoms with Crippen molar-refractivity contribution in [3.05, 3.63) is 29.8 Å². The van der Waals surface area contributed by atoms with Gasteiger partial charge in [-0.15, -0.1) is 0 Å². The highest BCUT2D eigenvalue weighted by atomic mass is 32.2. The maximum Gasteiger partial charge on any atom is 0.232 e. The van der Waals surface area contributed by atoms with E-state index in [0.29, 0.717) is 0 Å². The lowest BCUT2D eigenvalue weighted by Gasteiger charge is -2.22. The largest absolute Gasteiger partial charge is 0.354 e. The van der Waals surface area contributed by atoms with E-state index >= 15 is 0 Å². The smallest absolute Gasteiger partial charge is 0.232 e. The number of nitrogens with one attached hydrogen (secondary N) is 1. The first kappa shape index (κ1) is 18.3. The molecule has 0 aliphatic heterocycles. The molecule has 0 aliphatic carbocycles. The Morgan fingerprint density at radius 1 is 1.32 bits per heavy atom. The third-order valence-electron chi connectivity index (χ3n) is 3.15. The number of halogens is 2. The maximum atomic E-state index is 13.3. The Hall–Kier alpha value is -1.70. The van der Waals surface area contributed by atoms with Crippen molar-refractivity contribution in [3.8, 4) is 0 Å². The molecule has 1 atom stereocenters. The van der Waals surface area contributed by atoms with Crippen LogP contribution >= 0.6 is 0 Å². The average Bonchev–Trinajstić information content (AvgIpc) is 2.41. The molecule has 1 rings (SSSR count). The molecule has 1 aromatic rings. The van der Waals surface area contributed by atoms with E-state index in [1.165, 1.54) is 0 Å². The van der Waals surface area contributed by atoms with Gasteiger partial charge in [0.2, 0.25) is 15.9 Å². The molecule has 124 valence electrons. The number of hydrogen-bond acceptors (Lipinski definition) is 3. The molecule has 1 aromatic carbocycles. The van der Waals surface area contributed by atoms with Gasteiger partial charge in [0.05, 0.1) is 11.9 Å². The second kappa shape index (κ2) is 7.53. The Kier molecular flexibility index (Phi) is 6.28. The first-order valence-electron chi connectivity index (χ1n) is 6.87. The molecule has 1 N–H and O–H groups in total. The number of sulfonamides is 1. The summed E-state index contributed by atoms with van der Waals surface area (Å²) in [5.41, 5.74) is -0.0160. The maximum absolute atomic E-state index is 13.3. The predicted molar refractivity (Wildman–Crippen MR) is 81.1 cm³/mol. The van der Waals surface area contributed by atoms with Crippen LogP contribution in [0.2, 0.25) is 0 Å². The lowest BCUT2D eigenvalue weighted by Crippen LogP contribution is -2.37. The Bertz CT molecular complexity index is 635. The first-order chi connectivity index (χ1) is 10.1. The van der Waals surface area contributed by atoms with E-state index in [-0.39, 0.29) is 30.6 Å². The second-order valence-corrected chi connectivity index (χ2v) is 6.97. The molecule has 0 saturated carbocycles. The summed E-state index contributed by atoms with van der Waals surface area (Å²) < 4.78 is 50.7. The molecule has 1 amide bonds. The van der Waals surface area contributed by atoms with E-state index in [9.17, 15) is 22.0 Å². The highest BCUT2D eigenvalue weighted by Crippen LogP contribution is 2.20. The summed E-state index contributed by atoms with van der Waals surface area (Å²) in [5, 5.41) is 2.71. The Labute approximate surface area is 129 Å². The van der Waals surface area contributed by atoms with Gasteiger partial charge in [0.15, 0.2) is 11.6 Å². The third-order valence-corrected chi connectivity index (χ3v) is 4.35. The molecule has 0 radical (unpaired) electrons. The van der Waals surface area contributed by atoms with Gasteiger partial charge in [0.1, 0.15) is 0 Å². The van der Waals surface area contributed by atoms with Crippen LogP contribution in [0.25, 0.3) is 0 Å². The summed E-state index contributed by atoms with van der Waals surface area (Å²) >= 11 is 0. The van der Waals surface area contributed by atoms with Crippen LogP contribution in [0.15, 0.2) is 18.2 Å². The van der Waals surface area contributed by atoms with Crippen LogP contribution in [0, 0.1) is 11.6 Å². The van der Waals surface area contributed by atoms with Crippen LogP contribution in [0.1, 0.15) is 26.7 Å². The lowest BCUT2D eigenvalue weighted by molar-refractivity contribution is -0.121. The van der Waals surface area contributed by atoms with Crippen molar-refractivity contribution < 1.29 is 22.0 Å². The van der Waals surface area contributed by atoms with Crippen LogP contribution in [-0.4, -0.2) is 33.2 Å². The fourth-order valence-corrected chi connectivity index (χ4v) is 2.70. The van der Waals surface area contributed by atoms with Crippen molar-refractivity contribution >= 4 is 21.6 Å². The molecule has 1 unspecified atom stereocenters. The number of nitrogens with zero attached hydrogens (tertiary/aromatic N) is 1. The van der Waals surface area contributed by atoms with E-state index in [0.717, 1.165) is 35.2 Å². The predicted octanol–water partition coefficient (Wildman–Crippen LogP) is 2.04. The van der Waals surface area contributed by atoms with Gasteiger partial charge in [0, 0.05) is 25.1 Å². The van der Waals surface area contributed by atoms with Gasteiger partial charge in [0.25, 0.3) is 0 Å². The monoisotopic (exact) mass is 334 g/mol. The molecular formula is C14H20F2N2O3S. The molecule has 0 saturated heterocycles. The number of amides is 1. The topological polar surface area (TPSA) is 66.5 Å². The van der Waals surface area contributed by atoms with Crippen LogP contribution in [-0.2, 0) is 14.8 Å². The summed E-state index contributed by atoms with van der Waals surface area (Å²) in [6, 6.07) is 2.79. The summed E-state index contributed by atoms with van der Waals surface area (Å²) in [5.74, 6) is -2.51. The normalized spacial score (nSPS) is 12.8. The van der Waals surface area contributed by atoms with Crippen molar-refractivity contribution in [2.75, 3.05) is 17.1 Å². The standard InChI is InChI=1S/C14H20F2N2O3S/c1-4-10(2)17-14(19)7-8-18(22(3,20)21)11-5-6-12(15)13(16)9-11/h5-6,9-10H,4,7-8H2,1-3H3,(H,17,19). The molecule has 0 bridgehead atoms. The third kappa shape index (κ3) is 5.25. The Morgan fingerprint density at radius 3 is 2.45 bits per heavy atom. The molecule has 0 aliphatic rings. The number of carbonyl (C=O) groups excluding carboxylic acids is 1. The summed E-state index contributed by atoms with van der Waals surface area (Å²) in [6.07, 6.45) is 1.63. The summed E-state index contributed by atoms with van der Waals surface area (Å²) in [6.45, 7) is 3.60. The number of benzene rings is 1. The van der Waals surface area contributed by atoms with E-state index in [1.807, 2.05) is 13.8 Å². The van der Waals surface area contributed by atoms with Gasteiger partial charge in [-0.2, -0.15) is 0 Å². The molecule has 0 aromatic heterocycles. The highest BCUT2D eigenvalue weighted by molar-refractivity contribution is 7.92. The van der Waals surface area contributed by atoms with Gasteiger partial charge >= 0.3 is 0 Å². The van der Waals surface area contributed by atoms with Gasteiger partial charge in [-0.1, -0.05) is 6.92 Å². The van der Waals surface area contributed by atoms with Crippen molar-refractivity contribution in [2.45, 2.75) is 32.7 Å². The molecule has 5 nitrogen and oxygen atoms in total. The molecule has 22 heavy (non-hydrogen) atoms. The molecule has 0 spiro atoms. The highest BCUT2D eigenvalue weighted by Gasteiger charge is 2.20. The number of carbonyl (C=O) groups is 1. The van der Waals surface area contributed by atoms with E-state index in [1.54, 1.807) is 0 Å². The van der Waals surface area contributed by atoms with E-state index < -0.39 is 21.7 Å². The summed E-state index contributed by atoms with van der Waals surface area (Å²) in [7, 11) is -3.71. The van der Waals surface area contributed by atoms with Gasteiger partial charge in [-0.05, 0) is 25.5 Å². The van der Waals surface area contributed by atoms with Crippen LogP contribution in [0.3, 0.4) is 0 Å². The quantitative estimate of drug-likeness (QED) is 0.830. The second-order valence-electron chi connectivity index (χ2n) is 5.06. The zero-order chi connectivity index (χ0) is 16.9. The lowest BCUT2D eigenvalue weighted by atomic mass is 10.2. The minimum atomic E-state index is -3.71. The minimum absolute atomic E-state index is 0.0116. The molecule has 8 heteroatoms. The first-order valence-corrected chi connectivity index (χ1v) is 8.72. The van der Waals surface area contributed by atoms with Gasteiger partial charge < -0.3 is 5.32 Å². The molecular weight excluding hydrogens is 314 g/mol. The van der Waals surface area contributed by atoms with Gasteiger partial charge in [-0.3, -0.25) is 9.10 Å². The fraction of sp³-hybridized carbons (Fsp3) is 0.500. The van der Waals surface area contributed by atoms with E-state index in [2.05, 4.69) is 5.32 Å². The zero-order valence-electron chi connectivity index (χ0n) is 12.8.